The van der Waals surface area contributed by atoms with Gasteiger partial charge in [-0.2, -0.15) is 0 Å². The second kappa shape index (κ2) is 24.5. The second-order valence-electron chi connectivity index (χ2n) is 0.115. The Kier molecular flexibility index (Phi) is 94.3. The maximum Gasteiger partial charge on any atom is 1.00 e. The molecule has 0 rings (SSSR count). The zero-order valence-corrected chi connectivity index (χ0v) is 10.5. The predicted molar refractivity (Wildman–Crippen MR) is 13.5 cm³/mol. The fourth-order valence-corrected chi connectivity index (χ4v) is 0. The minimum absolute atomic E-state index is 0. The smallest absolute Gasteiger partial charge is 1.00 e. The Morgan fingerprint density at radius 1 is 1.00 bits per heavy atom. The molecule has 0 saturated carbocycles. The molecular formula is H5BNa3O2. The maximum absolute atomic E-state index is 7.00. The molecule has 0 aromatic rings. The zero-order chi connectivity index (χ0) is 2.71. The van der Waals surface area contributed by atoms with E-state index in [9.17, 15) is 0 Å². The van der Waals surface area contributed by atoms with Crippen molar-refractivity contribution >= 4 is 7.69 Å². The molecule has 6 heteroatoms. The molecular weight excluding hydrogens is 112 g/mol. The van der Waals surface area contributed by atoms with Gasteiger partial charge in [0, 0.05) is 0 Å². The van der Waals surface area contributed by atoms with E-state index >= 15 is 0 Å². The van der Waals surface area contributed by atoms with Crippen LogP contribution >= 0.6 is 0 Å². The average Bonchev–Trinajstić information content (AvgIpc) is 0.918. The van der Waals surface area contributed by atoms with Crippen LogP contribution in [0.25, 0.3) is 0 Å². The van der Waals surface area contributed by atoms with Crippen molar-refractivity contribution in [3.8, 4) is 0 Å². The molecule has 2 nitrogen and oxygen atoms in total. The Bertz CT molecular complexity index is 17.0. The third kappa shape index (κ3) is 28.1. The van der Waals surface area contributed by atoms with Crippen molar-refractivity contribution in [1.82, 2.24) is 0 Å². The largest absolute Gasteiger partial charge is 1.00 e. The van der Waals surface area contributed by atoms with Gasteiger partial charge in [-0.3, -0.25) is 0 Å². The fourth-order valence-electron chi connectivity index (χ4n) is 0. The van der Waals surface area contributed by atoms with Crippen molar-refractivity contribution in [1.29, 1.82) is 0 Å². The monoisotopic (exact) mass is 117 g/mol. The average molecular weight is 117 g/mol. The SMILES string of the molecule is O[B]O.[H-].[H-].[H-].[Na+].[Na+].[Na+]. The van der Waals surface area contributed by atoms with Gasteiger partial charge in [0.1, 0.15) is 0 Å². The third-order valence-corrected chi connectivity index (χ3v) is 0. The number of rotatable bonds is 0. The maximum atomic E-state index is 7.00. The van der Waals surface area contributed by atoms with Crippen LogP contribution in [0.5, 0.6) is 0 Å². The molecule has 1 radical (unpaired) electrons. The van der Waals surface area contributed by atoms with Crippen LogP contribution < -0.4 is 88.7 Å². The van der Waals surface area contributed by atoms with Crippen molar-refractivity contribution in [2.45, 2.75) is 0 Å². The van der Waals surface area contributed by atoms with Gasteiger partial charge in [0.2, 0.25) is 0 Å². The van der Waals surface area contributed by atoms with E-state index in [0.29, 0.717) is 0 Å². The van der Waals surface area contributed by atoms with Crippen molar-refractivity contribution in [3.63, 3.8) is 0 Å². The van der Waals surface area contributed by atoms with E-state index in [0.717, 1.165) is 0 Å². The van der Waals surface area contributed by atoms with E-state index in [1.807, 2.05) is 0 Å². The van der Waals surface area contributed by atoms with Crippen LogP contribution in [-0.2, 0) is 0 Å². The van der Waals surface area contributed by atoms with E-state index in [-0.39, 0.29) is 101 Å². The third-order valence-electron chi connectivity index (χ3n) is 0. The van der Waals surface area contributed by atoms with E-state index in [4.69, 9.17) is 10.0 Å². The van der Waals surface area contributed by atoms with Crippen molar-refractivity contribution in [2.75, 3.05) is 0 Å². The molecule has 0 spiro atoms. The van der Waals surface area contributed by atoms with Gasteiger partial charge >= 0.3 is 96.4 Å². The summed E-state index contributed by atoms with van der Waals surface area (Å²) in [5.74, 6) is 0. The molecule has 0 aromatic carbocycles. The summed E-state index contributed by atoms with van der Waals surface area (Å²) in [5.41, 5.74) is 0. The Morgan fingerprint density at radius 3 is 1.00 bits per heavy atom. The normalized spacial score (nSPS) is 2.33. The van der Waals surface area contributed by atoms with E-state index in [1.165, 1.54) is 0 Å². The summed E-state index contributed by atoms with van der Waals surface area (Å²) in [4.78, 5) is 0. The number of hydrogen-bond donors (Lipinski definition) is 2. The standard InChI is InChI=1S/BH2O2.3Na.3H/c2-1-3;;;;;;/h2-3H;;;;;;/q;3*+1;3*-1. The Balaban J connectivity index is -0.00000000133. The first kappa shape index (κ1) is 23.1. The van der Waals surface area contributed by atoms with Crippen molar-refractivity contribution in [3.05, 3.63) is 0 Å². The van der Waals surface area contributed by atoms with Crippen molar-refractivity contribution in [2.24, 2.45) is 0 Å². The minimum atomic E-state index is 0. The van der Waals surface area contributed by atoms with Crippen LogP contribution in [0.4, 0.5) is 0 Å². The quantitative estimate of drug-likeness (QED) is 0.309. The van der Waals surface area contributed by atoms with Gasteiger partial charge < -0.3 is 14.3 Å². The van der Waals surface area contributed by atoms with Gasteiger partial charge in [0.25, 0.3) is 0 Å². The molecule has 0 fully saturated rings. The van der Waals surface area contributed by atoms with Crippen LogP contribution in [0.15, 0.2) is 0 Å². The molecule has 2 N–H and O–H groups in total. The van der Waals surface area contributed by atoms with Gasteiger partial charge in [0.05, 0.1) is 0 Å². The zero-order valence-electron chi connectivity index (χ0n) is 7.47. The first-order valence-corrected chi connectivity index (χ1v) is 0.516. The molecule has 0 aliphatic rings. The van der Waals surface area contributed by atoms with Gasteiger partial charge in [-0.05, 0) is 0 Å². The van der Waals surface area contributed by atoms with Crippen molar-refractivity contribution < 1.29 is 103 Å². The Labute approximate surface area is 109 Å². The molecule has 6 heavy (non-hydrogen) atoms. The van der Waals surface area contributed by atoms with Crippen LogP contribution in [-0.4, -0.2) is 17.7 Å². The summed E-state index contributed by atoms with van der Waals surface area (Å²) in [6.07, 6.45) is 0. The molecule has 23 valence electrons. The molecule has 0 bridgehead atoms. The summed E-state index contributed by atoms with van der Waals surface area (Å²) in [6.45, 7) is 0. The molecule has 0 aromatic heterocycles. The van der Waals surface area contributed by atoms with Gasteiger partial charge in [0.15, 0.2) is 0 Å². The fraction of sp³-hybridized carbons (Fsp3) is 0. The van der Waals surface area contributed by atoms with Crippen LogP contribution in [0.3, 0.4) is 0 Å². The van der Waals surface area contributed by atoms with E-state index in [2.05, 4.69) is 0 Å². The molecule has 0 aliphatic carbocycles. The summed E-state index contributed by atoms with van der Waals surface area (Å²) < 4.78 is 0. The summed E-state index contributed by atoms with van der Waals surface area (Å²) in [7, 11) is 0. The summed E-state index contributed by atoms with van der Waals surface area (Å²) in [6, 6.07) is 0. The van der Waals surface area contributed by atoms with Gasteiger partial charge in [-0.1, -0.05) is 0 Å². The summed E-state index contributed by atoms with van der Waals surface area (Å²) in [5, 5.41) is 14.0. The molecule has 0 unspecified atom stereocenters. The number of hydrogen-bond acceptors (Lipinski definition) is 2. The molecule has 0 saturated heterocycles. The molecule has 0 atom stereocenters. The Hall–Kier alpha value is 2.98. The predicted octanol–water partition coefficient (Wildman–Crippen LogP) is -10.1. The van der Waals surface area contributed by atoms with Gasteiger partial charge in [-0.25, -0.2) is 0 Å². The Morgan fingerprint density at radius 2 is 1.00 bits per heavy atom. The molecule has 0 heterocycles. The topological polar surface area (TPSA) is 40.5 Å². The first-order chi connectivity index (χ1) is 1.41. The summed E-state index contributed by atoms with van der Waals surface area (Å²) >= 11 is 0. The van der Waals surface area contributed by atoms with Crippen LogP contribution in [0.1, 0.15) is 4.28 Å². The minimum Gasteiger partial charge on any atom is -1.00 e. The van der Waals surface area contributed by atoms with E-state index < -0.39 is 0 Å². The first-order valence-electron chi connectivity index (χ1n) is 0.516. The van der Waals surface area contributed by atoms with Crippen LogP contribution in [0.2, 0.25) is 0 Å². The van der Waals surface area contributed by atoms with Gasteiger partial charge in [-0.15, -0.1) is 0 Å². The molecule has 0 amide bonds. The van der Waals surface area contributed by atoms with E-state index in [1.54, 1.807) is 0 Å². The second-order valence-corrected chi connectivity index (χ2v) is 0.115. The molecule has 0 aliphatic heterocycles. The van der Waals surface area contributed by atoms with Crippen LogP contribution in [0, 0.1) is 0 Å².